The fourth-order valence-electron chi connectivity index (χ4n) is 3.19. The van der Waals surface area contributed by atoms with Crippen LogP contribution in [-0.4, -0.2) is 34.1 Å². The van der Waals surface area contributed by atoms with Gasteiger partial charge in [0, 0.05) is 12.2 Å². The highest BCUT2D eigenvalue weighted by atomic mass is 32.1. The average Bonchev–Trinajstić information content (AvgIpc) is 3.34. The standard InChI is InChI=1S/C19H20N4O2S/c24-18(20-15-7-2-1-3-8-15)14-6-4-10-23(12-14)13-17-21-22-19(25-17)16-9-5-11-26-16/h1-3,5,7-9,11,14H,4,6,10,12-13H2,(H,20,24). The molecule has 4 rings (SSSR count). The maximum atomic E-state index is 12.5. The molecule has 0 saturated carbocycles. The smallest absolute Gasteiger partial charge is 0.257 e. The number of thiophene rings is 1. The Kier molecular flexibility index (Phi) is 5.08. The number of piperidine rings is 1. The Balaban J connectivity index is 1.35. The van der Waals surface area contributed by atoms with Crippen molar-refractivity contribution >= 4 is 22.9 Å². The third kappa shape index (κ3) is 4.00. The van der Waals surface area contributed by atoms with Gasteiger partial charge in [0.15, 0.2) is 0 Å². The third-order valence-corrected chi connectivity index (χ3v) is 5.33. The van der Waals surface area contributed by atoms with Gasteiger partial charge in [0.05, 0.1) is 17.3 Å². The fourth-order valence-corrected chi connectivity index (χ4v) is 3.83. The van der Waals surface area contributed by atoms with Crippen molar-refractivity contribution < 1.29 is 9.21 Å². The van der Waals surface area contributed by atoms with Crippen LogP contribution in [0.4, 0.5) is 5.69 Å². The predicted octanol–water partition coefficient (Wildman–Crippen LogP) is 3.65. The molecular formula is C19H20N4O2S. The second-order valence-electron chi connectivity index (χ2n) is 6.41. The summed E-state index contributed by atoms with van der Waals surface area (Å²) in [4.78, 5) is 15.7. The molecule has 1 atom stereocenters. The van der Waals surface area contributed by atoms with Gasteiger partial charge in [-0.05, 0) is 43.0 Å². The van der Waals surface area contributed by atoms with Crippen molar-refractivity contribution in [2.24, 2.45) is 5.92 Å². The van der Waals surface area contributed by atoms with Crippen LogP contribution in [0.3, 0.4) is 0 Å². The summed E-state index contributed by atoms with van der Waals surface area (Å²) in [5, 5.41) is 13.3. The zero-order valence-corrected chi connectivity index (χ0v) is 15.1. The number of rotatable bonds is 5. The van der Waals surface area contributed by atoms with Gasteiger partial charge in [0.2, 0.25) is 11.8 Å². The molecule has 1 N–H and O–H groups in total. The second kappa shape index (κ2) is 7.80. The number of hydrogen-bond donors (Lipinski definition) is 1. The van der Waals surface area contributed by atoms with E-state index in [1.807, 2.05) is 47.8 Å². The minimum absolute atomic E-state index is 0.0244. The third-order valence-electron chi connectivity index (χ3n) is 4.48. The Hall–Kier alpha value is -2.51. The summed E-state index contributed by atoms with van der Waals surface area (Å²) < 4.78 is 5.77. The van der Waals surface area contributed by atoms with Crippen LogP contribution in [0.2, 0.25) is 0 Å². The molecular weight excluding hydrogens is 348 g/mol. The van der Waals surface area contributed by atoms with Crippen LogP contribution in [0.25, 0.3) is 10.8 Å². The highest BCUT2D eigenvalue weighted by Crippen LogP contribution is 2.24. The summed E-state index contributed by atoms with van der Waals surface area (Å²) in [6.45, 7) is 2.22. The lowest BCUT2D eigenvalue weighted by molar-refractivity contribution is -0.121. The zero-order chi connectivity index (χ0) is 17.8. The largest absolute Gasteiger partial charge is 0.419 e. The van der Waals surface area contributed by atoms with E-state index in [-0.39, 0.29) is 11.8 Å². The Morgan fingerprint density at radius 1 is 1.23 bits per heavy atom. The van der Waals surface area contributed by atoms with Gasteiger partial charge in [0.25, 0.3) is 5.89 Å². The molecule has 7 heteroatoms. The van der Waals surface area contributed by atoms with Gasteiger partial charge in [-0.15, -0.1) is 21.5 Å². The van der Waals surface area contributed by atoms with E-state index in [2.05, 4.69) is 20.4 Å². The van der Waals surface area contributed by atoms with E-state index < -0.39 is 0 Å². The molecule has 3 heterocycles. The SMILES string of the molecule is O=C(Nc1ccccc1)C1CCCN(Cc2nnc(-c3cccs3)o2)C1. The lowest BCUT2D eigenvalue weighted by atomic mass is 9.97. The molecule has 1 aromatic carbocycles. The van der Waals surface area contributed by atoms with Crippen molar-refractivity contribution in [3.8, 4) is 10.8 Å². The summed E-state index contributed by atoms with van der Waals surface area (Å²) >= 11 is 1.58. The Morgan fingerprint density at radius 2 is 2.12 bits per heavy atom. The average molecular weight is 368 g/mol. The highest BCUT2D eigenvalue weighted by Gasteiger charge is 2.27. The molecule has 1 unspecified atom stereocenters. The summed E-state index contributed by atoms with van der Waals surface area (Å²) in [6.07, 6.45) is 1.89. The van der Waals surface area contributed by atoms with Gasteiger partial charge in [-0.25, -0.2) is 0 Å². The van der Waals surface area contributed by atoms with Crippen molar-refractivity contribution in [1.82, 2.24) is 15.1 Å². The van der Waals surface area contributed by atoms with E-state index in [0.29, 0.717) is 24.9 Å². The maximum Gasteiger partial charge on any atom is 0.257 e. The van der Waals surface area contributed by atoms with E-state index in [1.54, 1.807) is 11.3 Å². The summed E-state index contributed by atoms with van der Waals surface area (Å²) in [5.74, 6) is 1.21. The first-order chi connectivity index (χ1) is 12.8. The monoisotopic (exact) mass is 368 g/mol. The Labute approximate surface area is 155 Å². The van der Waals surface area contributed by atoms with Crippen molar-refractivity contribution in [3.05, 3.63) is 53.7 Å². The quantitative estimate of drug-likeness (QED) is 0.744. The van der Waals surface area contributed by atoms with Gasteiger partial charge in [-0.1, -0.05) is 24.3 Å². The molecule has 1 aliphatic rings. The first kappa shape index (κ1) is 16.9. The number of para-hydroxylation sites is 1. The number of likely N-dealkylation sites (tertiary alicyclic amines) is 1. The molecule has 0 bridgehead atoms. The van der Waals surface area contributed by atoms with Crippen molar-refractivity contribution in [1.29, 1.82) is 0 Å². The predicted molar refractivity (Wildman–Crippen MR) is 101 cm³/mol. The number of carbonyl (C=O) groups is 1. The van der Waals surface area contributed by atoms with E-state index in [9.17, 15) is 4.79 Å². The summed E-state index contributed by atoms with van der Waals surface area (Å²) in [7, 11) is 0. The molecule has 26 heavy (non-hydrogen) atoms. The van der Waals surface area contributed by atoms with Crippen LogP contribution >= 0.6 is 11.3 Å². The normalized spacial score (nSPS) is 17.9. The van der Waals surface area contributed by atoms with Crippen molar-refractivity contribution in [2.45, 2.75) is 19.4 Å². The molecule has 0 radical (unpaired) electrons. The molecule has 1 saturated heterocycles. The van der Waals surface area contributed by atoms with Crippen molar-refractivity contribution in [3.63, 3.8) is 0 Å². The molecule has 0 spiro atoms. The number of benzene rings is 1. The van der Waals surface area contributed by atoms with Crippen molar-refractivity contribution in [2.75, 3.05) is 18.4 Å². The molecule has 2 aromatic heterocycles. The lowest BCUT2D eigenvalue weighted by Crippen LogP contribution is -2.40. The first-order valence-electron chi connectivity index (χ1n) is 8.72. The van der Waals surface area contributed by atoms with Gasteiger partial charge < -0.3 is 9.73 Å². The van der Waals surface area contributed by atoms with Crippen LogP contribution in [0.1, 0.15) is 18.7 Å². The fraction of sp³-hybridized carbons (Fsp3) is 0.316. The Bertz CT molecular complexity index is 848. The zero-order valence-electron chi connectivity index (χ0n) is 14.3. The number of hydrogen-bond acceptors (Lipinski definition) is 6. The molecule has 134 valence electrons. The van der Waals surface area contributed by atoms with Crippen LogP contribution in [0.15, 0.2) is 52.3 Å². The number of anilines is 1. The highest BCUT2D eigenvalue weighted by molar-refractivity contribution is 7.13. The van der Waals surface area contributed by atoms with Crippen LogP contribution in [-0.2, 0) is 11.3 Å². The van der Waals surface area contributed by atoms with Crippen LogP contribution in [0.5, 0.6) is 0 Å². The lowest BCUT2D eigenvalue weighted by Gasteiger charge is -2.30. The minimum Gasteiger partial charge on any atom is -0.419 e. The molecule has 1 fully saturated rings. The topological polar surface area (TPSA) is 71.3 Å². The minimum atomic E-state index is -0.0244. The van der Waals surface area contributed by atoms with E-state index in [1.165, 1.54) is 0 Å². The van der Waals surface area contributed by atoms with E-state index >= 15 is 0 Å². The van der Waals surface area contributed by atoms with Gasteiger partial charge >= 0.3 is 0 Å². The van der Waals surface area contributed by atoms with Gasteiger partial charge in [0.1, 0.15) is 0 Å². The second-order valence-corrected chi connectivity index (χ2v) is 7.36. The number of aromatic nitrogens is 2. The summed E-state index contributed by atoms with van der Waals surface area (Å²) in [6, 6.07) is 13.5. The molecule has 1 amide bonds. The van der Waals surface area contributed by atoms with Gasteiger partial charge in [-0.2, -0.15) is 0 Å². The number of amides is 1. The first-order valence-corrected chi connectivity index (χ1v) is 9.60. The number of carbonyl (C=O) groups excluding carboxylic acids is 1. The molecule has 3 aromatic rings. The Morgan fingerprint density at radius 3 is 2.92 bits per heavy atom. The molecule has 6 nitrogen and oxygen atoms in total. The van der Waals surface area contributed by atoms with Gasteiger partial charge in [-0.3, -0.25) is 9.69 Å². The van der Waals surface area contributed by atoms with Crippen LogP contribution in [0, 0.1) is 5.92 Å². The summed E-state index contributed by atoms with van der Waals surface area (Å²) in [5.41, 5.74) is 0.840. The number of nitrogens with one attached hydrogen (secondary N) is 1. The molecule has 1 aliphatic heterocycles. The van der Waals surface area contributed by atoms with Crippen LogP contribution < -0.4 is 5.32 Å². The number of nitrogens with zero attached hydrogens (tertiary/aromatic N) is 3. The maximum absolute atomic E-state index is 12.5. The molecule has 0 aliphatic carbocycles. The van der Waals surface area contributed by atoms with E-state index in [4.69, 9.17) is 4.42 Å². The van der Waals surface area contributed by atoms with E-state index in [0.717, 1.165) is 30.0 Å².